The van der Waals surface area contributed by atoms with Crippen LogP contribution in [-0.2, 0) is 13.0 Å². The number of nitrogens with zero attached hydrogens (tertiary/aromatic N) is 2. The maximum Gasteiger partial charge on any atom is 0.135 e. The van der Waals surface area contributed by atoms with E-state index >= 15 is 0 Å². The molecule has 0 aliphatic rings. The lowest BCUT2D eigenvalue weighted by molar-refractivity contribution is 0.517. The van der Waals surface area contributed by atoms with Crippen LogP contribution in [-0.4, -0.2) is 16.5 Å². The van der Waals surface area contributed by atoms with E-state index in [1.807, 2.05) is 12.1 Å². The normalized spacial score (nSPS) is 10.4. The summed E-state index contributed by atoms with van der Waals surface area (Å²) in [4.78, 5) is 8.64. The van der Waals surface area contributed by atoms with Crippen LogP contribution in [0.2, 0.25) is 0 Å². The molecule has 19 heavy (non-hydrogen) atoms. The molecule has 0 atom stereocenters. The molecule has 0 bridgehead atoms. The van der Waals surface area contributed by atoms with E-state index < -0.39 is 0 Å². The summed E-state index contributed by atoms with van der Waals surface area (Å²) < 4.78 is 5.31. The van der Waals surface area contributed by atoms with Gasteiger partial charge < -0.3 is 15.1 Å². The number of nitrogens with one attached hydrogen (secondary N) is 2. The summed E-state index contributed by atoms with van der Waals surface area (Å²) in [5.41, 5.74) is 1.14. The van der Waals surface area contributed by atoms with E-state index in [2.05, 4.69) is 34.4 Å². The van der Waals surface area contributed by atoms with E-state index in [1.165, 1.54) is 0 Å². The van der Waals surface area contributed by atoms with Crippen molar-refractivity contribution in [2.24, 2.45) is 0 Å². The quantitative estimate of drug-likeness (QED) is 0.801. The first-order valence-electron chi connectivity index (χ1n) is 6.69. The number of hydrogen-bond acceptors (Lipinski definition) is 5. The van der Waals surface area contributed by atoms with Crippen molar-refractivity contribution in [2.45, 2.75) is 33.2 Å². The van der Waals surface area contributed by atoms with Crippen molar-refractivity contribution < 1.29 is 4.42 Å². The van der Waals surface area contributed by atoms with Crippen LogP contribution in [0.3, 0.4) is 0 Å². The number of rotatable bonds is 7. The van der Waals surface area contributed by atoms with Gasteiger partial charge in [-0.05, 0) is 25.5 Å². The van der Waals surface area contributed by atoms with Gasteiger partial charge in [0.1, 0.15) is 23.7 Å². The third-order valence-electron chi connectivity index (χ3n) is 2.80. The standard InChI is InChI=1S/C14H20N4O/c1-3-6-12-13(15-4-2)17-10-18-14(12)16-9-11-7-5-8-19-11/h5,7-8,10H,3-4,6,9H2,1-2H3,(H2,15,16,17,18). The summed E-state index contributed by atoms with van der Waals surface area (Å²) in [5.74, 6) is 2.69. The van der Waals surface area contributed by atoms with Gasteiger partial charge in [0.05, 0.1) is 12.8 Å². The van der Waals surface area contributed by atoms with Crippen LogP contribution >= 0.6 is 0 Å². The molecule has 0 aromatic carbocycles. The average Bonchev–Trinajstić information content (AvgIpc) is 2.93. The minimum atomic E-state index is 0.631. The summed E-state index contributed by atoms with van der Waals surface area (Å²) in [7, 11) is 0. The van der Waals surface area contributed by atoms with Crippen LogP contribution in [0, 0.1) is 0 Å². The highest BCUT2D eigenvalue weighted by atomic mass is 16.3. The Kier molecular flexibility index (Phi) is 4.78. The fourth-order valence-electron chi connectivity index (χ4n) is 1.96. The SMILES string of the molecule is CCCc1c(NCC)ncnc1NCc1ccco1. The number of anilines is 2. The van der Waals surface area contributed by atoms with Gasteiger partial charge >= 0.3 is 0 Å². The molecule has 2 aromatic heterocycles. The van der Waals surface area contributed by atoms with Crippen molar-refractivity contribution in [3.8, 4) is 0 Å². The molecule has 0 aliphatic carbocycles. The summed E-state index contributed by atoms with van der Waals surface area (Å²) in [6, 6.07) is 3.83. The van der Waals surface area contributed by atoms with Crippen LogP contribution in [0.1, 0.15) is 31.6 Å². The van der Waals surface area contributed by atoms with Gasteiger partial charge in [-0.15, -0.1) is 0 Å². The largest absolute Gasteiger partial charge is 0.467 e. The Labute approximate surface area is 113 Å². The molecule has 0 saturated heterocycles. The first-order chi connectivity index (χ1) is 9.35. The van der Waals surface area contributed by atoms with Crippen molar-refractivity contribution in [3.63, 3.8) is 0 Å². The lowest BCUT2D eigenvalue weighted by atomic mass is 10.1. The molecular formula is C14H20N4O. The molecule has 0 unspecified atom stereocenters. The van der Waals surface area contributed by atoms with Gasteiger partial charge in [0, 0.05) is 12.1 Å². The van der Waals surface area contributed by atoms with E-state index in [0.717, 1.165) is 42.3 Å². The molecule has 5 nitrogen and oxygen atoms in total. The Hall–Kier alpha value is -2.04. The van der Waals surface area contributed by atoms with Gasteiger partial charge in [-0.2, -0.15) is 0 Å². The predicted octanol–water partition coefficient (Wildman–Crippen LogP) is 3.07. The number of hydrogen-bond donors (Lipinski definition) is 2. The smallest absolute Gasteiger partial charge is 0.135 e. The van der Waals surface area contributed by atoms with E-state index in [4.69, 9.17) is 4.42 Å². The molecule has 2 aromatic rings. The zero-order valence-corrected chi connectivity index (χ0v) is 11.4. The van der Waals surface area contributed by atoms with E-state index in [9.17, 15) is 0 Å². The van der Waals surface area contributed by atoms with Gasteiger partial charge in [0.25, 0.3) is 0 Å². The van der Waals surface area contributed by atoms with Crippen LogP contribution in [0.4, 0.5) is 11.6 Å². The maximum atomic E-state index is 5.31. The molecular weight excluding hydrogens is 240 g/mol. The van der Waals surface area contributed by atoms with Gasteiger partial charge in [-0.1, -0.05) is 13.3 Å². The van der Waals surface area contributed by atoms with E-state index in [-0.39, 0.29) is 0 Å². The van der Waals surface area contributed by atoms with Gasteiger partial charge in [0.2, 0.25) is 0 Å². The molecule has 102 valence electrons. The Morgan fingerprint density at radius 1 is 1.16 bits per heavy atom. The van der Waals surface area contributed by atoms with Crippen molar-refractivity contribution >= 4 is 11.6 Å². The molecule has 0 aliphatic heterocycles. The lowest BCUT2D eigenvalue weighted by Crippen LogP contribution is -2.10. The lowest BCUT2D eigenvalue weighted by Gasteiger charge is -2.13. The van der Waals surface area contributed by atoms with Crippen molar-refractivity contribution in [3.05, 3.63) is 36.0 Å². The third kappa shape index (κ3) is 3.47. The van der Waals surface area contributed by atoms with Gasteiger partial charge in [-0.25, -0.2) is 9.97 Å². The zero-order valence-electron chi connectivity index (χ0n) is 11.4. The second-order valence-corrected chi connectivity index (χ2v) is 4.26. The molecule has 0 saturated carbocycles. The minimum Gasteiger partial charge on any atom is -0.467 e. The molecule has 5 heteroatoms. The van der Waals surface area contributed by atoms with Crippen LogP contribution in [0.15, 0.2) is 29.1 Å². The zero-order chi connectivity index (χ0) is 13.5. The summed E-state index contributed by atoms with van der Waals surface area (Å²) in [5, 5.41) is 6.59. The van der Waals surface area contributed by atoms with Crippen LogP contribution < -0.4 is 10.6 Å². The number of aromatic nitrogens is 2. The Morgan fingerprint density at radius 3 is 2.58 bits per heavy atom. The highest BCUT2D eigenvalue weighted by Crippen LogP contribution is 2.22. The third-order valence-corrected chi connectivity index (χ3v) is 2.80. The highest BCUT2D eigenvalue weighted by molar-refractivity contribution is 5.57. The molecule has 2 rings (SSSR count). The van der Waals surface area contributed by atoms with E-state index in [0.29, 0.717) is 6.54 Å². The van der Waals surface area contributed by atoms with Crippen molar-refractivity contribution in [2.75, 3.05) is 17.2 Å². The van der Waals surface area contributed by atoms with E-state index in [1.54, 1.807) is 12.6 Å². The Balaban J connectivity index is 2.15. The van der Waals surface area contributed by atoms with Crippen LogP contribution in [0.25, 0.3) is 0 Å². The second-order valence-electron chi connectivity index (χ2n) is 4.26. The maximum absolute atomic E-state index is 5.31. The van der Waals surface area contributed by atoms with Crippen molar-refractivity contribution in [1.82, 2.24) is 9.97 Å². The Bertz CT molecular complexity index is 496. The fraction of sp³-hybridized carbons (Fsp3) is 0.429. The summed E-state index contributed by atoms with van der Waals surface area (Å²) in [6.07, 6.45) is 5.26. The highest BCUT2D eigenvalue weighted by Gasteiger charge is 2.10. The minimum absolute atomic E-state index is 0.631. The molecule has 0 spiro atoms. The molecule has 0 amide bonds. The molecule has 0 radical (unpaired) electrons. The summed E-state index contributed by atoms with van der Waals surface area (Å²) in [6.45, 7) is 5.70. The molecule has 2 N–H and O–H groups in total. The first kappa shape index (κ1) is 13.4. The summed E-state index contributed by atoms with van der Waals surface area (Å²) >= 11 is 0. The average molecular weight is 260 g/mol. The molecule has 2 heterocycles. The fourth-order valence-corrected chi connectivity index (χ4v) is 1.96. The Morgan fingerprint density at radius 2 is 1.95 bits per heavy atom. The predicted molar refractivity (Wildman–Crippen MR) is 76.2 cm³/mol. The molecule has 0 fully saturated rings. The monoisotopic (exact) mass is 260 g/mol. The van der Waals surface area contributed by atoms with Crippen LogP contribution in [0.5, 0.6) is 0 Å². The second kappa shape index (κ2) is 6.78. The van der Waals surface area contributed by atoms with Gasteiger partial charge in [-0.3, -0.25) is 0 Å². The van der Waals surface area contributed by atoms with Gasteiger partial charge in [0.15, 0.2) is 0 Å². The first-order valence-corrected chi connectivity index (χ1v) is 6.69. The topological polar surface area (TPSA) is 63.0 Å². The van der Waals surface area contributed by atoms with Crippen molar-refractivity contribution in [1.29, 1.82) is 0 Å². The number of furan rings is 1.